The standard InChI is InChI=1S/C32H33FN2O/c1-32(27-10-5-6-21-34-22-27,30-12-7-9-25-8-3-4-11-29(25)30)35(2)31(36)26-15-13-23(14-16-26)24-17-19-28(33)20-18-24/h3-4,7-9,11-20,27,34H,5-6,10,21-22H2,1-2H3. The third-order valence-electron chi connectivity index (χ3n) is 7.99. The first-order valence-electron chi connectivity index (χ1n) is 12.8. The van der Waals surface area contributed by atoms with Crippen LogP contribution in [0.5, 0.6) is 0 Å². The summed E-state index contributed by atoms with van der Waals surface area (Å²) < 4.78 is 13.3. The van der Waals surface area contributed by atoms with Crippen LogP contribution in [0.3, 0.4) is 0 Å². The molecule has 2 unspecified atom stereocenters. The van der Waals surface area contributed by atoms with Gasteiger partial charge in [-0.2, -0.15) is 0 Å². The van der Waals surface area contributed by atoms with E-state index >= 15 is 0 Å². The minimum atomic E-state index is -0.495. The van der Waals surface area contributed by atoms with E-state index in [0.29, 0.717) is 5.56 Å². The van der Waals surface area contributed by atoms with Crippen LogP contribution in [0.4, 0.5) is 4.39 Å². The highest BCUT2D eigenvalue weighted by atomic mass is 19.1. The molecule has 1 N–H and O–H groups in total. The van der Waals surface area contributed by atoms with Gasteiger partial charge in [-0.25, -0.2) is 4.39 Å². The topological polar surface area (TPSA) is 32.3 Å². The number of fused-ring (bicyclic) bond motifs is 1. The number of benzene rings is 4. The summed E-state index contributed by atoms with van der Waals surface area (Å²) in [7, 11) is 1.95. The van der Waals surface area contributed by atoms with Crippen molar-refractivity contribution in [2.75, 3.05) is 20.1 Å². The third kappa shape index (κ3) is 4.54. The summed E-state index contributed by atoms with van der Waals surface area (Å²) in [4.78, 5) is 15.9. The average molecular weight is 481 g/mol. The van der Waals surface area contributed by atoms with E-state index in [0.717, 1.165) is 43.5 Å². The van der Waals surface area contributed by atoms with Crippen molar-refractivity contribution in [2.24, 2.45) is 5.92 Å². The van der Waals surface area contributed by atoms with Crippen LogP contribution in [0.2, 0.25) is 0 Å². The lowest BCUT2D eigenvalue weighted by Gasteiger charge is -2.46. The van der Waals surface area contributed by atoms with E-state index in [-0.39, 0.29) is 17.6 Å². The maximum Gasteiger partial charge on any atom is 0.254 e. The van der Waals surface area contributed by atoms with Crippen molar-refractivity contribution >= 4 is 16.7 Å². The molecule has 1 aliphatic rings. The summed E-state index contributed by atoms with van der Waals surface area (Å²) in [5.41, 5.74) is 3.22. The van der Waals surface area contributed by atoms with Crippen LogP contribution in [0.25, 0.3) is 21.9 Å². The smallest absolute Gasteiger partial charge is 0.254 e. The largest absolute Gasteiger partial charge is 0.332 e. The fourth-order valence-corrected chi connectivity index (χ4v) is 5.69. The molecule has 0 spiro atoms. The van der Waals surface area contributed by atoms with Crippen LogP contribution >= 0.6 is 0 Å². The second kappa shape index (κ2) is 10.2. The van der Waals surface area contributed by atoms with Crippen molar-refractivity contribution in [1.29, 1.82) is 0 Å². The molecule has 1 fully saturated rings. The van der Waals surface area contributed by atoms with Crippen LogP contribution in [-0.4, -0.2) is 30.9 Å². The predicted octanol–water partition coefficient (Wildman–Crippen LogP) is 7.02. The second-order valence-corrected chi connectivity index (χ2v) is 10.0. The Balaban J connectivity index is 1.53. The van der Waals surface area contributed by atoms with Gasteiger partial charge in [-0.1, -0.05) is 73.2 Å². The minimum Gasteiger partial charge on any atom is -0.332 e. The molecule has 1 amide bonds. The number of hydrogen-bond acceptors (Lipinski definition) is 2. The zero-order chi connectivity index (χ0) is 25.1. The maximum atomic E-state index is 14.0. The number of halogens is 1. The summed E-state index contributed by atoms with van der Waals surface area (Å²) in [6.45, 7) is 4.13. The van der Waals surface area contributed by atoms with Gasteiger partial charge < -0.3 is 10.2 Å². The molecular formula is C32H33FN2O. The quantitative estimate of drug-likeness (QED) is 0.333. The summed E-state index contributed by atoms with van der Waals surface area (Å²) in [5.74, 6) is 0.0199. The zero-order valence-corrected chi connectivity index (χ0v) is 21.0. The number of carbonyl (C=O) groups excluding carboxylic acids is 1. The van der Waals surface area contributed by atoms with Gasteiger partial charge in [0.1, 0.15) is 5.82 Å². The van der Waals surface area contributed by atoms with E-state index in [4.69, 9.17) is 0 Å². The molecule has 1 heterocycles. The molecule has 0 aromatic heterocycles. The van der Waals surface area contributed by atoms with Gasteiger partial charge >= 0.3 is 0 Å². The molecule has 4 aromatic carbocycles. The average Bonchev–Trinajstić information content (AvgIpc) is 3.22. The Morgan fingerprint density at radius 2 is 1.56 bits per heavy atom. The monoisotopic (exact) mass is 480 g/mol. The highest BCUT2D eigenvalue weighted by Crippen LogP contribution is 2.42. The van der Waals surface area contributed by atoms with Crippen molar-refractivity contribution in [3.05, 3.63) is 108 Å². The Hall–Kier alpha value is -3.50. The summed E-state index contributed by atoms with van der Waals surface area (Å²) in [6, 6.07) is 29.0. The van der Waals surface area contributed by atoms with E-state index in [1.807, 2.05) is 36.2 Å². The first-order chi connectivity index (χ1) is 17.5. The van der Waals surface area contributed by atoms with Crippen LogP contribution in [-0.2, 0) is 5.54 Å². The Bertz CT molecular complexity index is 1340. The van der Waals surface area contributed by atoms with E-state index in [9.17, 15) is 9.18 Å². The van der Waals surface area contributed by atoms with E-state index in [1.54, 1.807) is 12.1 Å². The molecule has 3 nitrogen and oxygen atoms in total. The number of amides is 1. The molecule has 0 saturated carbocycles. The lowest BCUT2D eigenvalue weighted by molar-refractivity contribution is 0.0405. The second-order valence-electron chi connectivity index (χ2n) is 10.0. The number of nitrogens with zero attached hydrogens (tertiary/aromatic N) is 1. The van der Waals surface area contributed by atoms with Crippen molar-refractivity contribution in [2.45, 2.75) is 31.7 Å². The molecule has 184 valence electrons. The molecular weight excluding hydrogens is 447 g/mol. The zero-order valence-electron chi connectivity index (χ0n) is 21.0. The molecule has 0 radical (unpaired) electrons. The number of carbonyl (C=O) groups is 1. The van der Waals surface area contributed by atoms with Gasteiger partial charge in [0.15, 0.2) is 0 Å². The predicted molar refractivity (Wildman–Crippen MR) is 145 cm³/mol. The third-order valence-corrected chi connectivity index (χ3v) is 7.99. The highest BCUT2D eigenvalue weighted by Gasteiger charge is 2.43. The van der Waals surface area contributed by atoms with Gasteiger partial charge in [-0.05, 0) is 84.0 Å². The fourth-order valence-electron chi connectivity index (χ4n) is 5.69. The number of nitrogens with one attached hydrogen (secondary N) is 1. The molecule has 2 atom stereocenters. The van der Waals surface area contributed by atoms with Crippen molar-refractivity contribution < 1.29 is 9.18 Å². The van der Waals surface area contributed by atoms with E-state index < -0.39 is 5.54 Å². The Kier molecular flexibility index (Phi) is 6.88. The van der Waals surface area contributed by atoms with Crippen LogP contribution < -0.4 is 5.32 Å². The van der Waals surface area contributed by atoms with Gasteiger partial charge in [0.2, 0.25) is 0 Å². The summed E-state index contributed by atoms with van der Waals surface area (Å²) >= 11 is 0. The minimum absolute atomic E-state index is 0.000312. The molecule has 0 aliphatic carbocycles. The molecule has 4 heteroatoms. The van der Waals surface area contributed by atoms with Crippen molar-refractivity contribution in [3.63, 3.8) is 0 Å². The fraction of sp³-hybridized carbons (Fsp3) is 0.281. The van der Waals surface area contributed by atoms with Crippen LogP contribution in [0.15, 0.2) is 91.0 Å². The van der Waals surface area contributed by atoms with Gasteiger partial charge in [0.25, 0.3) is 5.91 Å². The van der Waals surface area contributed by atoms with Crippen molar-refractivity contribution in [1.82, 2.24) is 10.2 Å². The summed E-state index contributed by atoms with van der Waals surface area (Å²) in [6.07, 6.45) is 3.37. The van der Waals surface area contributed by atoms with Gasteiger partial charge in [0, 0.05) is 19.2 Å². The van der Waals surface area contributed by atoms with Crippen LogP contribution in [0, 0.1) is 11.7 Å². The van der Waals surface area contributed by atoms with Gasteiger partial charge in [-0.3, -0.25) is 4.79 Å². The first-order valence-corrected chi connectivity index (χ1v) is 12.8. The Labute approximate surface area is 213 Å². The Morgan fingerprint density at radius 3 is 2.31 bits per heavy atom. The summed E-state index contributed by atoms with van der Waals surface area (Å²) in [5, 5.41) is 6.00. The van der Waals surface area contributed by atoms with Crippen LogP contribution in [0.1, 0.15) is 42.1 Å². The number of rotatable bonds is 5. The van der Waals surface area contributed by atoms with Crippen molar-refractivity contribution in [3.8, 4) is 11.1 Å². The van der Waals surface area contributed by atoms with E-state index in [2.05, 4.69) is 54.7 Å². The SMILES string of the molecule is CN(C(=O)c1ccc(-c2ccc(F)cc2)cc1)C(C)(c1cccc2ccccc12)C1CCCCNC1. The van der Waals surface area contributed by atoms with Gasteiger partial charge in [0.05, 0.1) is 5.54 Å². The normalized spacial score (nSPS) is 17.8. The van der Waals surface area contributed by atoms with E-state index in [1.165, 1.54) is 28.5 Å². The lowest BCUT2D eigenvalue weighted by Crippen LogP contribution is -2.52. The molecule has 1 saturated heterocycles. The molecule has 0 bridgehead atoms. The molecule has 4 aromatic rings. The molecule has 5 rings (SSSR count). The lowest BCUT2D eigenvalue weighted by atomic mass is 9.74. The Morgan fingerprint density at radius 1 is 0.889 bits per heavy atom. The first kappa shape index (κ1) is 24.2. The number of hydrogen-bond donors (Lipinski definition) is 1. The van der Waals surface area contributed by atoms with Gasteiger partial charge in [-0.15, -0.1) is 0 Å². The highest BCUT2D eigenvalue weighted by molar-refractivity contribution is 5.96. The maximum absolute atomic E-state index is 14.0. The molecule has 36 heavy (non-hydrogen) atoms. The molecule has 1 aliphatic heterocycles.